The van der Waals surface area contributed by atoms with Gasteiger partial charge in [-0.3, -0.25) is 0 Å². The largest absolute Gasteiger partial charge is 0.497 e. The predicted molar refractivity (Wildman–Crippen MR) is 118 cm³/mol. The van der Waals surface area contributed by atoms with Gasteiger partial charge < -0.3 is 18.8 Å². The fourth-order valence-corrected chi connectivity index (χ4v) is 4.10. The number of fused-ring (bicyclic) bond motifs is 3. The molecule has 150 valence electrons. The molecule has 0 unspecified atom stereocenters. The van der Waals surface area contributed by atoms with E-state index in [1.165, 1.54) is 6.07 Å². The molecule has 1 aliphatic heterocycles. The molecule has 4 aromatic rings. The molecule has 0 N–H and O–H groups in total. The van der Waals surface area contributed by atoms with Crippen molar-refractivity contribution in [3.8, 4) is 22.6 Å². The molecular formula is C24H18ClNO4. The van der Waals surface area contributed by atoms with E-state index in [2.05, 4.69) is 0 Å². The second-order valence-electron chi connectivity index (χ2n) is 7.06. The Labute approximate surface area is 178 Å². The maximum Gasteiger partial charge on any atom is 0.336 e. The molecule has 30 heavy (non-hydrogen) atoms. The van der Waals surface area contributed by atoms with E-state index in [0.717, 1.165) is 33.5 Å². The van der Waals surface area contributed by atoms with Gasteiger partial charge in [0.2, 0.25) is 0 Å². The molecule has 0 spiro atoms. The second-order valence-corrected chi connectivity index (χ2v) is 7.47. The summed E-state index contributed by atoms with van der Waals surface area (Å²) in [5.74, 6) is 1.31. The van der Waals surface area contributed by atoms with Crippen molar-refractivity contribution in [2.24, 2.45) is 0 Å². The Bertz CT molecular complexity index is 1300. The Kier molecular flexibility index (Phi) is 4.60. The first-order valence-electron chi connectivity index (χ1n) is 9.50. The molecule has 5 rings (SSSR count). The van der Waals surface area contributed by atoms with Gasteiger partial charge in [-0.2, -0.15) is 0 Å². The molecule has 5 nitrogen and oxygen atoms in total. The fourth-order valence-electron chi connectivity index (χ4n) is 3.82. The van der Waals surface area contributed by atoms with Gasteiger partial charge in [-0.1, -0.05) is 48.0 Å². The normalized spacial score (nSPS) is 13.1. The van der Waals surface area contributed by atoms with Crippen LogP contribution in [-0.4, -0.2) is 13.8 Å². The molecular weight excluding hydrogens is 402 g/mol. The van der Waals surface area contributed by atoms with Crippen LogP contribution in [0.3, 0.4) is 0 Å². The number of halogens is 1. The van der Waals surface area contributed by atoms with Gasteiger partial charge in [0.15, 0.2) is 6.73 Å². The van der Waals surface area contributed by atoms with Crippen LogP contribution in [0.2, 0.25) is 5.02 Å². The third-order valence-corrected chi connectivity index (χ3v) is 5.53. The van der Waals surface area contributed by atoms with Crippen molar-refractivity contribution in [2.75, 3.05) is 18.7 Å². The molecule has 3 aromatic carbocycles. The molecule has 0 aliphatic carbocycles. The van der Waals surface area contributed by atoms with Gasteiger partial charge >= 0.3 is 5.63 Å². The summed E-state index contributed by atoms with van der Waals surface area (Å²) < 4.78 is 17.0. The van der Waals surface area contributed by atoms with Crippen molar-refractivity contribution in [3.63, 3.8) is 0 Å². The van der Waals surface area contributed by atoms with E-state index < -0.39 is 5.63 Å². The molecule has 0 saturated heterocycles. The van der Waals surface area contributed by atoms with E-state index in [1.807, 2.05) is 65.6 Å². The van der Waals surface area contributed by atoms with Crippen LogP contribution in [0.5, 0.6) is 11.5 Å². The summed E-state index contributed by atoms with van der Waals surface area (Å²) in [4.78, 5) is 14.5. The highest BCUT2D eigenvalue weighted by Crippen LogP contribution is 2.42. The summed E-state index contributed by atoms with van der Waals surface area (Å²) in [6.07, 6.45) is 0. The zero-order valence-corrected chi connectivity index (χ0v) is 17.0. The number of rotatable bonds is 3. The lowest BCUT2D eigenvalue weighted by molar-refractivity contribution is 0.289. The Morgan fingerprint density at radius 1 is 1.03 bits per heavy atom. The Morgan fingerprint density at radius 3 is 2.67 bits per heavy atom. The number of nitrogens with zero attached hydrogens (tertiary/aromatic N) is 1. The Morgan fingerprint density at radius 2 is 1.87 bits per heavy atom. The molecule has 0 fully saturated rings. The Hall–Kier alpha value is -3.44. The maximum atomic E-state index is 12.4. The summed E-state index contributed by atoms with van der Waals surface area (Å²) in [7, 11) is 1.63. The van der Waals surface area contributed by atoms with E-state index in [1.54, 1.807) is 7.11 Å². The van der Waals surface area contributed by atoms with Gasteiger partial charge in [-0.25, -0.2) is 4.79 Å². The first kappa shape index (κ1) is 18.6. The van der Waals surface area contributed by atoms with Crippen LogP contribution in [0.1, 0.15) is 5.56 Å². The lowest BCUT2D eigenvalue weighted by atomic mass is 9.99. The highest BCUT2D eigenvalue weighted by molar-refractivity contribution is 6.33. The second kappa shape index (κ2) is 7.43. The minimum absolute atomic E-state index is 0.327. The molecule has 0 saturated carbocycles. The van der Waals surface area contributed by atoms with Crippen LogP contribution in [0, 0.1) is 0 Å². The van der Waals surface area contributed by atoms with Gasteiger partial charge in [-0.15, -0.1) is 0 Å². The average Bonchev–Trinajstić information content (AvgIpc) is 2.79. The lowest BCUT2D eigenvalue weighted by Gasteiger charge is -2.31. The number of methoxy groups -OCH3 is 1. The molecule has 2 heterocycles. The standard InChI is InChI=1S/C24H18ClNO4/c1-28-17-9-5-8-16(10-17)26-13-20-23-19(11-21(25)24(20)29-14-26)18(12-22(27)30-23)15-6-3-2-4-7-15/h2-12H,13-14H2,1H3. The van der Waals surface area contributed by atoms with Crippen LogP contribution in [0.4, 0.5) is 5.69 Å². The van der Waals surface area contributed by atoms with Crippen molar-refractivity contribution in [1.29, 1.82) is 0 Å². The zero-order valence-electron chi connectivity index (χ0n) is 16.2. The summed E-state index contributed by atoms with van der Waals surface area (Å²) in [5.41, 5.74) is 3.48. The van der Waals surface area contributed by atoms with Crippen molar-refractivity contribution in [1.82, 2.24) is 0 Å². The monoisotopic (exact) mass is 419 g/mol. The van der Waals surface area contributed by atoms with E-state index in [4.69, 9.17) is 25.5 Å². The number of hydrogen-bond donors (Lipinski definition) is 0. The molecule has 1 aromatic heterocycles. The zero-order chi connectivity index (χ0) is 20.7. The number of hydrogen-bond acceptors (Lipinski definition) is 5. The summed E-state index contributed by atoms with van der Waals surface area (Å²) in [5, 5.41) is 1.27. The van der Waals surface area contributed by atoms with Crippen molar-refractivity contribution in [2.45, 2.75) is 6.54 Å². The number of anilines is 1. The predicted octanol–water partition coefficient (Wildman–Crippen LogP) is 5.48. The van der Waals surface area contributed by atoms with Crippen LogP contribution >= 0.6 is 11.6 Å². The quantitative estimate of drug-likeness (QED) is 0.412. The molecule has 0 atom stereocenters. The van der Waals surface area contributed by atoms with Gasteiger partial charge in [-0.05, 0) is 29.3 Å². The topological polar surface area (TPSA) is 51.9 Å². The highest BCUT2D eigenvalue weighted by Gasteiger charge is 2.26. The Balaban J connectivity index is 1.68. The minimum atomic E-state index is -0.413. The maximum absolute atomic E-state index is 12.4. The van der Waals surface area contributed by atoms with Crippen LogP contribution in [0.25, 0.3) is 22.1 Å². The van der Waals surface area contributed by atoms with E-state index in [0.29, 0.717) is 29.6 Å². The van der Waals surface area contributed by atoms with Gasteiger partial charge in [0.05, 0.1) is 24.2 Å². The number of benzene rings is 3. The molecule has 1 aliphatic rings. The first-order valence-corrected chi connectivity index (χ1v) is 9.88. The van der Waals surface area contributed by atoms with E-state index >= 15 is 0 Å². The van der Waals surface area contributed by atoms with Crippen LogP contribution < -0.4 is 20.0 Å². The van der Waals surface area contributed by atoms with Crippen LogP contribution in [-0.2, 0) is 6.54 Å². The molecule has 0 amide bonds. The van der Waals surface area contributed by atoms with E-state index in [-0.39, 0.29) is 0 Å². The average molecular weight is 420 g/mol. The minimum Gasteiger partial charge on any atom is -0.497 e. The fraction of sp³-hybridized carbons (Fsp3) is 0.125. The summed E-state index contributed by atoms with van der Waals surface area (Å²) in [6.45, 7) is 0.814. The SMILES string of the molecule is COc1cccc(N2COc3c(Cl)cc4c(-c5ccccc5)cc(=O)oc4c3C2)c1. The molecule has 0 radical (unpaired) electrons. The van der Waals surface area contributed by atoms with Gasteiger partial charge in [0.25, 0.3) is 0 Å². The van der Waals surface area contributed by atoms with Crippen molar-refractivity contribution >= 4 is 28.3 Å². The summed E-state index contributed by atoms with van der Waals surface area (Å²) in [6, 6.07) is 20.8. The van der Waals surface area contributed by atoms with E-state index in [9.17, 15) is 4.79 Å². The van der Waals surface area contributed by atoms with Gasteiger partial charge in [0, 0.05) is 23.2 Å². The smallest absolute Gasteiger partial charge is 0.336 e. The van der Waals surface area contributed by atoms with Gasteiger partial charge in [0.1, 0.15) is 17.1 Å². The third kappa shape index (κ3) is 3.17. The first-order chi connectivity index (χ1) is 14.6. The van der Waals surface area contributed by atoms with Crippen molar-refractivity contribution < 1.29 is 13.9 Å². The molecule has 0 bridgehead atoms. The van der Waals surface area contributed by atoms with Crippen LogP contribution in [0.15, 0.2) is 75.9 Å². The van der Waals surface area contributed by atoms with Crippen molar-refractivity contribution in [3.05, 3.63) is 87.7 Å². The lowest BCUT2D eigenvalue weighted by Crippen LogP contribution is -2.32. The highest BCUT2D eigenvalue weighted by atomic mass is 35.5. The molecule has 6 heteroatoms. The number of ether oxygens (including phenoxy) is 2. The summed E-state index contributed by atoms with van der Waals surface area (Å²) >= 11 is 6.58. The third-order valence-electron chi connectivity index (χ3n) is 5.25.